The predicted molar refractivity (Wildman–Crippen MR) is 130 cm³/mol. The Morgan fingerprint density at radius 2 is 1.52 bits per heavy atom. The Kier molecular flexibility index (Phi) is 8.18. The second-order valence-electron chi connectivity index (χ2n) is 7.53. The van der Waals surface area contributed by atoms with E-state index in [1.165, 1.54) is 0 Å². The minimum absolute atomic E-state index is 0.0436. The highest BCUT2D eigenvalue weighted by molar-refractivity contribution is 5.98. The molecule has 0 bridgehead atoms. The van der Waals surface area contributed by atoms with E-state index in [0.717, 1.165) is 11.3 Å². The Bertz CT molecular complexity index is 1100. The summed E-state index contributed by atoms with van der Waals surface area (Å²) in [7, 11) is 0. The molecule has 7 heteroatoms. The smallest absolute Gasteiger partial charge is 0.251 e. The lowest BCUT2D eigenvalue weighted by atomic mass is 10.1. The molecule has 3 amide bonds. The third-order valence-corrected chi connectivity index (χ3v) is 4.99. The number of carbonyl (C=O) groups excluding carboxylic acids is 3. The van der Waals surface area contributed by atoms with Gasteiger partial charge in [-0.15, -0.1) is 0 Å². The van der Waals surface area contributed by atoms with Crippen LogP contribution in [0.5, 0.6) is 0 Å². The quantitative estimate of drug-likeness (QED) is 0.401. The molecule has 0 aliphatic heterocycles. The maximum Gasteiger partial charge on any atom is 0.251 e. The standard InChI is InChI=1S/C26H28N4O3/c1-3-27-25(32)20-12-14-22(15-13-20)28-17-24(31)30-23-11-7-10-21(16-23)26(33)29-18(2)19-8-5-4-6-9-19/h4-16,18,28H,3,17H2,1-2H3,(H,27,32)(H,29,33)(H,30,31). The maximum atomic E-state index is 12.6. The van der Waals surface area contributed by atoms with Gasteiger partial charge in [-0.3, -0.25) is 14.4 Å². The number of hydrogen-bond acceptors (Lipinski definition) is 4. The molecule has 0 aliphatic rings. The number of benzene rings is 3. The van der Waals surface area contributed by atoms with Crippen LogP contribution in [0.1, 0.15) is 46.2 Å². The fourth-order valence-corrected chi connectivity index (χ4v) is 3.23. The van der Waals surface area contributed by atoms with E-state index < -0.39 is 0 Å². The molecule has 0 spiro atoms. The SMILES string of the molecule is CCNC(=O)c1ccc(NCC(=O)Nc2cccc(C(=O)NC(C)c3ccccc3)c2)cc1. The van der Waals surface area contributed by atoms with Crippen molar-refractivity contribution in [3.63, 3.8) is 0 Å². The van der Waals surface area contributed by atoms with Crippen LogP contribution in [0.4, 0.5) is 11.4 Å². The third kappa shape index (κ3) is 6.93. The van der Waals surface area contributed by atoms with Crippen molar-refractivity contribution < 1.29 is 14.4 Å². The predicted octanol–water partition coefficient (Wildman–Crippen LogP) is 3.98. The van der Waals surface area contributed by atoms with Crippen LogP contribution in [0.2, 0.25) is 0 Å². The number of hydrogen-bond donors (Lipinski definition) is 4. The number of rotatable bonds is 9. The molecule has 0 heterocycles. The Labute approximate surface area is 193 Å². The summed E-state index contributed by atoms with van der Waals surface area (Å²) in [4.78, 5) is 36.8. The molecule has 3 aromatic rings. The first-order valence-electron chi connectivity index (χ1n) is 10.8. The minimum atomic E-state index is -0.252. The number of nitrogens with one attached hydrogen (secondary N) is 4. The molecule has 0 saturated heterocycles. The first-order chi connectivity index (χ1) is 16.0. The molecule has 0 fully saturated rings. The number of amides is 3. The zero-order valence-corrected chi connectivity index (χ0v) is 18.7. The topological polar surface area (TPSA) is 99.3 Å². The molecule has 3 rings (SSSR count). The summed E-state index contributed by atoms with van der Waals surface area (Å²) in [6.07, 6.45) is 0. The van der Waals surface area contributed by atoms with E-state index in [1.807, 2.05) is 44.2 Å². The van der Waals surface area contributed by atoms with Crippen LogP contribution in [0.15, 0.2) is 78.9 Å². The molecule has 7 nitrogen and oxygen atoms in total. The van der Waals surface area contributed by atoms with Crippen molar-refractivity contribution in [2.75, 3.05) is 23.7 Å². The van der Waals surface area contributed by atoms with E-state index in [4.69, 9.17) is 0 Å². The molecule has 0 aliphatic carbocycles. The molecule has 0 saturated carbocycles. The van der Waals surface area contributed by atoms with E-state index in [2.05, 4.69) is 21.3 Å². The van der Waals surface area contributed by atoms with Gasteiger partial charge in [0.1, 0.15) is 0 Å². The highest BCUT2D eigenvalue weighted by Gasteiger charge is 2.12. The molecule has 1 unspecified atom stereocenters. The fourth-order valence-electron chi connectivity index (χ4n) is 3.23. The summed E-state index contributed by atoms with van der Waals surface area (Å²) in [6, 6.07) is 23.3. The molecule has 0 radical (unpaired) electrons. The Morgan fingerprint density at radius 1 is 0.788 bits per heavy atom. The van der Waals surface area contributed by atoms with Crippen LogP contribution in [-0.2, 0) is 4.79 Å². The number of carbonyl (C=O) groups is 3. The van der Waals surface area contributed by atoms with Crippen molar-refractivity contribution in [2.24, 2.45) is 0 Å². The Hall–Kier alpha value is -4.13. The highest BCUT2D eigenvalue weighted by atomic mass is 16.2. The summed E-state index contributed by atoms with van der Waals surface area (Å²) in [5.74, 6) is -0.602. The van der Waals surface area contributed by atoms with Crippen LogP contribution < -0.4 is 21.3 Å². The van der Waals surface area contributed by atoms with E-state index in [0.29, 0.717) is 23.4 Å². The van der Waals surface area contributed by atoms with Crippen LogP contribution in [-0.4, -0.2) is 30.8 Å². The molecule has 33 heavy (non-hydrogen) atoms. The van der Waals surface area contributed by atoms with Crippen LogP contribution in [0.25, 0.3) is 0 Å². The first-order valence-corrected chi connectivity index (χ1v) is 10.8. The van der Waals surface area contributed by atoms with Gasteiger partial charge >= 0.3 is 0 Å². The summed E-state index contributed by atoms with van der Waals surface area (Å²) in [5, 5.41) is 11.5. The zero-order valence-electron chi connectivity index (χ0n) is 18.7. The largest absolute Gasteiger partial charge is 0.376 e. The van der Waals surface area contributed by atoms with Crippen molar-refractivity contribution in [1.29, 1.82) is 0 Å². The van der Waals surface area contributed by atoms with Gasteiger partial charge in [-0.05, 0) is 61.9 Å². The summed E-state index contributed by atoms with van der Waals surface area (Å²) < 4.78 is 0. The normalized spacial score (nSPS) is 11.2. The van der Waals surface area contributed by atoms with E-state index in [1.54, 1.807) is 48.5 Å². The van der Waals surface area contributed by atoms with Crippen molar-refractivity contribution in [3.05, 3.63) is 95.6 Å². The van der Waals surface area contributed by atoms with Gasteiger partial charge in [0, 0.05) is 29.0 Å². The van der Waals surface area contributed by atoms with Gasteiger partial charge in [-0.1, -0.05) is 36.4 Å². The van der Waals surface area contributed by atoms with Gasteiger partial charge in [-0.2, -0.15) is 0 Å². The first kappa shape index (κ1) is 23.5. The lowest BCUT2D eigenvalue weighted by molar-refractivity contribution is -0.114. The fraction of sp³-hybridized carbons (Fsp3) is 0.192. The Morgan fingerprint density at radius 3 is 2.21 bits per heavy atom. The number of anilines is 2. The van der Waals surface area contributed by atoms with Gasteiger partial charge in [-0.25, -0.2) is 0 Å². The van der Waals surface area contributed by atoms with E-state index in [-0.39, 0.29) is 30.3 Å². The third-order valence-electron chi connectivity index (χ3n) is 4.99. The molecule has 170 valence electrons. The summed E-state index contributed by atoms with van der Waals surface area (Å²) in [5.41, 5.74) is 3.29. The highest BCUT2D eigenvalue weighted by Crippen LogP contribution is 2.15. The van der Waals surface area contributed by atoms with Crippen LogP contribution in [0.3, 0.4) is 0 Å². The Balaban J connectivity index is 1.52. The zero-order chi connectivity index (χ0) is 23.6. The van der Waals surface area contributed by atoms with Crippen molar-refractivity contribution in [3.8, 4) is 0 Å². The van der Waals surface area contributed by atoms with E-state index >= 15 is 0 Å². The molecular weight excluding hydrogens is 416 g/mol. The second kappa shape index (κ2) is 11.5. The lowest BCUT2D eigenvalue weighted by Crippen LogP contribution is -2.27. The van der Waals surface area contributed by atoms with Crippen molar-refractivity contribution in [1.82, 2.24) is 10.6 Å². The van der Waals surface area contributed by atoms with Gasteiger partial charge in [0.15, 0.2) is 0 Å². The average molecular weight is 445 g/mol. The van der Waals surface area contributed by atoms with Crippen LogP contribution >= 0.6 is 0 Å². The summed E-state index contributed by atoms with van der Waals surface area (Å²) >= 11 is 0. The maximum absolute atomic E-state index is 12.6. The minimum Gasteiger partial charge on any atom is -0.376 e. The second-order valence-corrected chi connectivity index (χ2v) is 7.53. The van der Waals surface area contributed by atoms with E-state index in [9.17, 15) is 14.4 Å². The van der Waals surface area contributed by atoms with Crippen molar-refractivity contribution >= 4 is 29.1 Å². The van der Waals surface area contributed by atoms with Crippen LogP contribution in [0, 0.1) is 0 Å². The van der Waals surface area contributed by atoms with Gasteiger partial charge < -0.3 is 21.3 Å². The van der Waals surface area contributed by atoms with Gasteiger partial charge in [0.25, 0.3) is 11.8 Å². The average Bonchev–Trinajstić information content (AvgIpc) is 2.84. The van der Waals surface area contributed by atoms with Crippen molar-refractivity contribution in [2.45, 2.75) is 19.9 Å². The summed E-state index contributed by atoms with van der Waals surface area (Å²) in [6.45, 7) is 4.39. The molecule has 1 atom stereocenters. The molecular formula is C26H28N4O3. The molecule has 3 aromatic carbocycles. The van der Waals surface area contributed by atoms with Gasteiger partial charge in [0.05, 0.1) is 12.6 Å². The monoisotopic (exact) mass is 444 g/mol. The van der Waals surface area contributed by atoms with Gasteiger partial charge in [0.2, 0.25) is 5.91 Å². The lowest BCUT2D eigenvalue weighted by Gasteiger charge is -2.15. The molecule has 4 N–H and O–H groups in total. The molecule has 0 aromatic heterocycles.